The lowest BCUT2D eigenvalue weighted by Gasteiger charge is -2.27. The maximum absolute atomic E-state index is 11.6. The molecule has 5 heteroatoms. The number of carbonyl (C=O) groups excluding carboxylic acids is 1. The molecule has 0 aliphatic carbocycles. The van der Waals surface area contributed by atoms with Gasteiger partial charge in [-0.05, 0) is 12.8 Å². The van der Waals surface area contributed by atoms with Gasteiger partial charge in [-0.25, -0.2) is 0 Å². The zero-order valence-corrected chi connectivity index (χ0v) is 9.71. The number of rotatable bonds is 4. The van der Waals surface area contributed by atoms with Crippen LogP contribution in [-0.2, 0) is 9.53 Å². The molecule has 2 aliphatic rings. The Hall–Kier alpha value is -0.650. The predicted octanol–water partition coefficient (Wildman–Crippen LogP) is -0.813. The number of ether oxygens (including phenoxy) is 1. The highest BCUT2D eigenvalue weighted by atomic mass is 16.5. The molecule has 5 nitrogen and oxygen atoms in total. The summed E-state index contributed by atoms with van der Waals surface area (Å²) in [6, 6.07) is 0. The van der Waals surface area contributed by atoms with Gasteiger partial charge in [-0.3, -0.25) is 9.69 Å². The van der Waals surface area contributed by atoms with Crippen LogP contribution in [0.25, 0.3) is 0 Å². The normalized spacial score (nSPS) is 26.9. The first-order chi connectivity index (χ1) is 7.86. The standard InChI is InChI=1S/C11H21N3O2/c15-11(10-2-1-9-16-10)13-5-8-14-6-3-12-4-7-14/h10,12H,1-9H2,(H,13,15)/t10-/m0/s1. The molecule has 1 atom stereocenters. The number of nitrogens with one attached hydrogen (secondary N) is 2. The van der Waals surface area contributed by atoms with Gasteiger partial charge in [0.1, 0.15) is 6.10 Å². The highest BCUT2D eigenvalue weighted by Gasteiger charge is 2.23. The van der Waals surface area contributed by atoms with Gasteiger partial charge < -0.3 is 15.4 Å². The van der Waals surface area contributed by atoms with E-state index in [-0.39, 0.29) is 12.0 Å². The van der Waals surface area contributed by atoms with Gasteiger partial charge >= 0.3 is 0 Å². The SMILES string of the molecule is O=C(NCCN1CCNCC1)[C@@H]1CCCO1. The number of hydrogen-bond acceptors (Lipinski definition) is 4. The van der Waals surface area contributed by atoms with Gasteiger partial charge in [-0.15, -0.1) is 0 Å². The van der Waals surface area contributed by atoms with Crippen molar-refractivity contribution in [3.63, 3.8) is 0 Å². The average Bonchev–Trinajstić information content (AvgIpc) is 2.84. The molecule has 0 bridgehead atoms. The van der Waals surface area contributed by atoms with Gasteiger partial charge in [-0.2, -0.15) is 0 Å². The van der Waals surface area contributed by atoms with Gasteiger partial charge in [0.05, 0.1) is 0 Å². The van der Waals surface area contributed by atoms with E-state index in [1.807, 2.05) is 0 Å². The molecule has 2 N–H and O–H groups in total. The lowest BCUT2D eigenvalue weighted by Crippen LogP contribution is -2.47. The minimum atomic E-state index is -0.192. The Labute approximate surface area is 96.5 Å². The molecule has 2 heterocycles. The van der Waals surface area contributed by atoms with E-state index >= 15 is 0 Å². The van der Waals surface area contributed by atoms with E-state index in [0.29, 0.717) is 0 Å². The van der Waals surface area contributed by atoms with Gasteiger partial charge in [0.15, 0.2) is 0 Å². The molecule has 0 unspecified atom stereocenters. The largest absolute Gasteiger partial charge is 0.368 e. The number of piperazine rings is 1. The number of hydrogen-bond donors (Lipinski definition) is 2. The van der Waals surface area contributed by atoms with Crippen LogP contribution in [0.3, 0.4) is 0 Å². The van der Waals surface area contributed by atoms with E-state index in [1.54, 1.807) is 0 Å². The van der Waals surface area contributed by atoms with Crippen molar-refractivity contribution in [2.24, 2.45) is 0 Å². The van der Waals surface area contributed by atoms with Crippen molar-refractivity contribution >= 4 is 5.91 Å². The van der Waals surface area contributed by atoms with Crippen LogP contribution in [0.2, 0.25) is 0 Å². The molecule has 16 heavy (non-hydrogen) atoms. The molecule has 0 aromatic heterocycles. The molecule has 0 aromatic rings. The Morgan fingerprint density at radius 1 is 1.44 bits per heavy atom. The Kier molecular flexibility index (Phi) is 4.56. The summed E-state index contributed by atoms with van der Waals surface area (Å²) >= 11 is 0. The van der Waals surface area contributed by atoms with E-state index in [4.69, 9.17) is 4.74 Å². The quantitative estimate of drug-likeness (QED) is 0.659. The van der Waals surface area contributed by atoms with E-state index in [9.17, 15) is 4.79 Å². The third kappa shape index (κ3) is 3.43. The van der Waals surface area contributed by atoms with Gasteiger partial charge in [0.25, 0.3) is 0 Å². The molecule has 1 amide bonds. The summed E-state index contributed by atoms with van der Waals surface area (Å²) in [7, 11) is 0. The van der Waals surface area contributed by atoms with Crippen LogP contribution in [0.4, 0.5) is 0 Å². The Balaban J connectivity index is 1.57. The summed E-state index contributed by atoms with van der Waals surface area (Å²) in [5, 5.41) is 6.26. The molecule has 0 aromatic carbocycles. The van der Waals surface area contributed by atoms with Crippen molar-refractivity contribution < 1.29 is 9.53 Å². The minimum Gasteiger partial charge on any atom is -0.368 e. The Morgan fingerprint density at radius 2 is 2.25 bits per heavy atom. The maximum Gasteiger partial charge on any atom is 0.249 e. The van der Waals surface area contributed by atoms with Crippen LogP contribution in [0.1, 0.15) is 12.8 Å². The first-order valence-electron chi connectivity index (χ1n) is 6.18. The first kappa shape index (κ1) is 11.8. The highest BCUT2D eigenvalue weighted by molar-refractivity contribution is 5.80. The van der Waals surface area contributed by atoms with E-state index in [0.717, 1.165) is 58.7 Å². The first-order valence-corrected chi connectivity index (χ1v) is 6.18. The summed E-state index contributed by atoms with van der Waals surface area (Å²) in [6.07, 6.45) is 1.69. The number of amides is 1. The van der Waals surface area contributed by atoms with Gasteiger partial charge in [0.2, 0.25) is 5.91 Å². The smallest absolute Gasteiger partial charge is 0.249 e. The molecule has 2 fully saturated rings. The summed E-state index contributed by atoms with van der Waals surface area (Å²) < 4.78 is 5.32. The predicted molar refractivity (Wildman–Crippen MR) is 61.3 cm³/mol. The second kappa shape index (κ2) is 6.18. The number of carbonyl (C=O) groups is 1. The van der Waals surface area contributed by atoms with Gasteiger partial charge in [0, 0.05) is 45.9 Å². The number of nitrogens with zero attached hydrogens (tertiary/aromatic N) is 1. The molecule has 2 aliphatic heterocycles. The Morgan fingerprint density at radius 3 is 2.94 bits per heavy atom. The Bertz CT molecular complexity index is 223. The summed E-state index contributed by atoms with van der Waals surface area (Å²) in [6.45, 7) is 6.68. The fourth-order valence-corrected chi connectivity index (χ4v) is 2.17. The fourth-order valence-electron chi connectivity index (χ4n) is 2.17. The van der Waals surface area contributed by atoms with Crippen LogP contribution in [-0.4, -0.2) is 62.8 Å². The monoisotopic (exact) mass is 227 g/mol. The molecular weight excluding hydrogens is 206 g/mol. The van der Waals surface area contributed by atoms with Crippen molar-refractivity contribution in [1.29, 1.82) is 0 Å². The average molecular weight is 227 g/mol. The molecule has 2 saturated heterocycles. The lowest BCUT2D eigenvalue weighted by molar-refractivity contribution is -0.130. The molecule has 92 valence electrons. The van der Waals surface area contributed by atoms with Crippen LogP contribution in [0, 0.1) is 0 Å². The van der Waals surface area contributed by atoms with E-state index < -0.39 is 0 Å². The van der Waals surface area contributed by atoms with Crippen LogP contribution in [0.5, 0.6) is 0 Å². The van der Waals surface area contributed by atoms with Crippen LogP contribution < -0.4 is 10.6 Å². The van der Waals surface area contributed by atoms with Crippen molar-refractivity contribution in [2.75, 3.05) is 45.9 Å². The lowest BCUT2D eigenvalue weighted by atomic mass is 10.2. The second-order valence-corrected chi connectivity index (χ2v) is 4.38. The second-order valence-electron chi connectivity index (χ2n) is 4.38. The molecule has 0 radical (unpaired) electrons. The van der Waals surface area contributed by atoms with Crippen molar-refractivity contribution in [1.82, 2.24) is 15.5 Å². The van der Waals surface area contributed by atoms with E-state index in [1.165, 1.54) is 0 Å². The molecule has 0 saturated carbocycles. The van der Waals surface area contributed by atoms with Crippen molar-refractivity contribution in [2.45, 2.75) is 18.9 Å². The minimum absolute atomic E-state index is 0.0626. The summed E-state index contributed by atoms with van der Waals surface area (Å²) in [5.41, 5.74) is 0. The van der Waals surface area contributed by atoms with Crippen LogP contribution in [0.15, 0.2) is 0 Å². The highest BCUT2D eigenvalue weighted by Crippen LogP contribution is 2.11. The third-order valence-corrected chi connectivity index (χ3v) is 3.16. The fraction of sp³-hybridized carbons (Fsp3) is 0.909. The third-order valence-electron chi connectivity index (χ3n) is 3.16. The maximum atomic E-state index is 11.6. The van der Waals surface area contributed by atoms with Gasteiger partial charge in [-0.1, -0.05) is 0 Å². The zero-order chi connectivity index (χ0) is 11.2. The summed E-state index contributed by atoms with van der Waals surface area (Å²) in [5.74, 6) is 0.0626. The van der Waals surface area contributed by atoms with Crippen molar-refractivity contribution in [3.8, 4) is 0 Å². The van der Waals surface area contributed by atoms with E-state index in [2.05, 4.69) is 15.5 Å². The zero-order valence-electron chi connectivity index (χ0n) is 9.71. The molecule has 2 rings (SSSR count). The van der Waals surface area contributed by atoms with Crippen LogP contribution >= 0.6 is 0 Å². The molecule has 0 spiro atoms. The molecular formula is C11H21N3O2. The van der Waals surface area contributed by atoms with Crippen molar-refractivity contribution in [3.05, 3.63) is 0 Å². The topological polar surface area (TPSA) is 53.6 Å². The summed E-state index contributed by atoms with van der Waals surface area (Å²) in [4.78, 5) is 14.0.